The van der Waals surface area contributed by atoms with Crippen molar-refractivity contribution in [3.63, 3.8) is 0 Å². The van der Waals surface area contributed by atoms with E-state index in [4.69, 9.17) is 4.74 Å². The van der Waals surface area contributed by atoms with E-state index in [1.807, 2.05) is 13.0 Å². The highest BCUT2D eigenvalue weighted by molar-refractivity contribution is 5.42. The van der Waals surface area contributed by atoms with Crippen molar-refractivity contribution in [3.8, 4) is 11.8 Å². The van der Waals surface area contributed by atoms with Crippen molar-refractivity contribution >= 4 is 11.8 Å². The Morgan fingerprint density at radius 2 is 1.80 bits per heavy atom. The second-order valence-electron chi connectivity index (χ2n) is 8.86. The first-order valence-corrected chi connectivity index (χ1v) is 11.1. The van der Waals surface area contributed by atoms with E-state index in [1.165, 1.54) is 6.33 Å². The third-order valence-electron chi connectivity index (χ3n) is 6.31. The van der Waals surface area contributed by atoms with Crippen molar-refractivity contribution in [3.05, 3.63) is 47.9 Å². The number of benzene rings is 1. The Hall–Kier alpha value is -3.51. The van der Waals surface area contributed by atoms with E-state index < -0.39 is 30.4 Å². The molecule has 2 fully saturated rings. The molecule has 0 spiro atoms. The van der Waals surface area contributed by atoms with Crippen LogP contribution in [0.2, 0.25) is 0 Å². The fourth-order valence-corrected chi connectivity index (χ4v) is 4.79. The molecule has 0 unspecified atom stereocenters. The Morgan fingerprint density at radius 3 is 2.46 bits per heavy atom. The van der Waals surface area contributed by atoms with Gasteiger partial charge in [0.25, 0.3) is 0 Å². The zero-order chi connectivity index (χ0) is 24.7. The molecule has 1 aromatic carbocycles. The van der Waals surface area contributed by atoms with E-state index in [9.17, 15) is 22.0 Å². The molecule has 3 atom stereocenters. The number of nitrogens with one attached hydrogen (secondary N) is 1. The van der Waals surface area contributed by atoms with E-state index in [2.05, 4.69) is 30.3 Å². The predicted molar refractivity (Wildman–Crippen MR) is 115 cm³/mol. The number of hydrogen-bond donors (Lipinski definition) is 1. The lowest BCUT2D eigenvalue weighted by Crippen LogP contribution is -2.48. The highest BCUT2D eigenvalue weighted by Crippen LogP contribution is 2.40. The lowest BCUT2D eigenvalue weighted by atomic mass is 9.92. The summed E-state index contributed by atoms with van der Waals surface area (Å²) in [5.41, 5.74) is 0.871. The third-order valence-corrected chi connectivity index (χ3v) is 6.31. The van der Waals surface area contributed by atoms with Gasteiger partial charge in [-0.2, -0.15) is 18.2 Å². The van der Waals surface area contributed by atoms with Gasteiger partial charge in [-0.1, -0.05) is 0 Å². The van der Waals surface area contributed by atoms with Crippen LogP contribution >= 0.6 is 0 Å². The lowest BCUT2D eigenvalue weighted by molar-refractivity contribution is -0.143. The van der Waals surface area contributed by atoms with E-state index in [1.54, 1.807) is 0 Å². The van der Waals surface area contributed by atoms with E-state index in [0.717, 1.165) is 55.6 Å². The van der Waals surface area contributed by atoms with Crippen molar-refractivity contribution in [2.75, 3.05) is 23.3 Å². The monoisotopic (exact) mass is 495 g/mol. The minimum Gasteiger partial charge on any atom is -0.424 e. The van der Waals surface area contributed by atoms with Crippen LogP contribution in [0.4, 0.5) is 33.7 Å². The van der Waals surface area contributed by atoms with Gasteiger partial charge in [-0.25, -0.2) is 23.4 Å². The Kier molecular flexibility index (Phi) is 5.93. The summed E-state index contributed by atoms with van der Waals surface area (Å²) in [5.74, 6) is -1.22. The minimum absolute atomic E-state index is 0.0138. The highest BCUT2D eigenvalue weighted by atomic mass is 19.4. The molecule has 35 heavy (non-hydrogen) atoms. The van der Waals surface area contributed by atoms with Gasteiger partial charge in [0.2, 0.25) is 5.95 Å². The summed E-state index contributed by atoms with van der Waals surface area (Å²) in [6.45, 7) is 1.91. The van der Waals surface area contributed by atoms with Crippen LogP contribution in [-0.2, 0) is 6.54 Å². The molecule has 5 rings (SSSR count). The van der Waals surface area contributed by atoms with Crippen molar-refractivity contribution in [2.45, 2.75) is 38.5 Å². The molecule has 13 heteroatoms. The van der Waals surface area contributed by atoms with Gasteiger partial charge in [-0.3, -0.25) is 0 Å². The highest BCUT2D eigenvalue weighted by Gasteiger charge is 2.43. The number of alkyl halides is 3. The van der Waals surface area contributed by atoms with Crippen molar-refractivity contribution in [2.24, 2.45) is 11.8 Å². The Morgan fingerprint density at radius 1 is 1.06 bits per heavy atom. The van der Waals surface area contributed by atoms with E-state index in [-0.39, 0.29) is 29.6 Å². The number of piperidine rings is 1. The van der Waals surface area contributed by atoms with Crippen molar-refractivity contribution in [1.29, 1.82) is 0 Å². The molecule has 2 aromatic heterocycles. The molecule has 1 aliphatic carbocycles. The number of halogens is 5. The second kappa shape index (κ2) is 8.93. The molecule has 3 heterocycles. The molecule has 1 saturated heterocycles. The minimum atomic E-state index is -4.59. The number of anilines is 2. The SMILES string of the molecule is Cc1cc(N2C[C@H]3CC[C@@H](C2)[C@@H]3Nc2nc(Oc3ccc(F)c(F)c3)n(CC(F)(F)F)n2)ncn1. The standard InChI is InChI=1S/C22H22F5N7O/c1-12-6-18(29-11-28-12)33-8-13-2-3-14(9-33)19(13)30-20-31-21(34(32-20)10-22(25,26)27)35-15-4-5-16(23)17(24)7-15/h4-7,11,13-14,19H,2-3,8-10H2,1H3,(H,30,32)/t13-,14+,19-. The normalized spacial score (nSPS) is 21.9. The number of aromatic nitrogens is 5. The summed E-state index contributed by atoms with van der Waals surface area (Å²) in [6, 6.07) is 4.07. The zero-order valence-electron chi connectivity index (χ0n) is 18.6. The number of ether oxygens (including phenoxy) is 1. The molecule has 3 aromatic rings. The maximum atomic E-state index is 13.5. The van der Waals surface area contributed by atoms with Crippen LogP contribution in [0.25, 0.3) is 0 Å². The molecule has 1 aliphatic heterocycles. The van der Waals surface area contributed by atoms with Crippen LogP contribution in [0.15, 0.2) is 30.6 Å². The summed E-state index contributed by atoms with van der Waals surface area (Å²) in [6.07, 6.45) is -1.16. The summed E-state index contributed by atoms with van der Waals surface area (Å²) >= 11 is 0. The fraction of sp³-hybridized carbons (Fsp3) is 0.455. The number of hydrogen-bond acceptors (Lipinski definition) is 7. The van der Waals surface area contributed by atoms with Gasteiger partial charge in [0.1, 0.15) is 24.4 Å². The van der Waals surface area contributed by atoms with Gasteiger partial charge in [0.15, 0.2) is 11.6 Å². The van der Waals surface area contributed by atoms with Gasteiger partial charge in [0, 0.05) is 37.0 Å². The van der Waals surface area contributed by atoms with Crippen LogP contribution in [0.1, 0.15) is 18.5 Å². The molecule has 186 valence electrons. The van der Waals surface area contributed by atoms with E-state index in [0.29, 0.717) is 4.68 Å². The van der Waals surface area contributed by atoms with Gasteiger partial charge >= 0.3 is 12.2 Å². The topological polar surface area (TPSA) is 81.0 Å². The number of aryl methyl sites for hydroxylation is 1. The smallest absolute Gasteiger partial charge is 0.408 e. The Labute approximate surface area is 197 Å². The van der Waals surface area contributed by atoms with Gasteiger partial charge in [-0.15, -0.1) is 5.10 Å². The van der Waals surface area contributed by atoms with Gasteiger partial charge in [0.05, 0.1) is 0 Å². The summed E-state index contributed by atoms with van der Waals surface area (Å²) in [4.78, 5) is 14.8. The molecular weight excluding hydrogens is 473 g/mol. The lowest BCUT2D eigenvalue weighted by Gasteiger charge is -2.38. The van der Waals surface area contributed by atoms with Gasteiger partial charge in [-0.05, 0) is 43.7 Å². The molecule has 1 N–H and O–H groups in total. The van der Waals surface area contributed by atoms with Crippen LogP contribution in [-0.4, -0.2) is 50.0 Å². The number of nitrogens with zero attached hydrogens (tertiary/aromatic N) is 6. The summed E-state index contributed by atoms with van der Waals surface area (Å²) < 4.78 is 72.0. The largest absolute Gasteiger partial charge is 0.424 e. The van der Waals surface area contributed by atoms with Crippen LogP contribution in [0.5, 0.6) is 11.8 Å². The van der Waals surface area contributed by atoms with Crippen LogP contribution < -0.4 is 15.0 Å². The fourth-order valence-electron chi connectivity index (χ4n) is 4.79. The maximum Gasteiger partial charge on any atom is 0.408 e. The number of rotatable bonds is 6. The second-order valence-corrected chi connectivity index (χ2v) is 8.86. The average molecular weight is 495 g/mol. The predicted octanol–water partition coefficient (Wildman–Crippen LogP) is 4.34. The Bertz CT molecular complexity index is 1200. The Balaban J connectivity index is 1.34. The molecule has 0 amide bonds. The average Bonchev–Trinajstić information content (AvgIpc) is 3.24. The molecule has 8 nitrogen and oxygen atoms in total. The van der Waals surface area contributed by atoms with E-state index >= 15 is 0 Å². The first-order chi connectivity index (χ1) is 16.6. The molecule has 1 saturated carbocycles. The summed E-state index contributed by atoms with van der Waals surface area (Å²) in [5, 5.41) is 7.15. The van der Waals surface area contributed by atoms with Gasteiger partial charge < -0.3 is 15.0 Å². The van der Waals surface area contributed by atoms with Crippen molar-refractivity contribution in [1.82, 2.24) is 24.7 Å². The molecule has 2 bridgehead atoms. The number of fused-ring (bicyclic) bond motifs is 2. The first kappa shape index (κ1) is 23.2. The first-order valence-electron chi connectivity index (χ1n) is 11.1. The molecule has 2 aliphatic rings. The maximum absolute atomic E-state index is 13.5. The summed E-state index contributed by atoms with van der Waals surface area (Å²) in [7, 11) is 0. The van der Waals surface area contributed by atoms with Crippen molar-refractivity contribution < 1.29 is 26.7 Å². The molecular formula is C22H22F5N7O. The quantitative estimate of drug-likeness (QED) is 0.510. The third kappa shape index (κ3) is 5.13. The molecule has 0 radical (unpaired) electrons. The van der Waals surface area contributed by atoms with Crippen LogP contribution in [0, 0.1) is 30.4 Å². The van der Waals surface area contributed by atoms with Crippen LogP contribution in [0.3, 0.4) is 0 Å². The zero-order valence-corrected chi connectivity index (χ0v) is 18.6.